The van der Waals surface area contributed by atoms with E-state index < -0.39 is 12.1 Å². The molecule has 0 saturated carbocycles. The van der Waals surface area contributed by atoms with Gasteiger partial charge in [0.15, 0.2) is 0 Å². The molecule has 0 radical (unpaired) electrons. The number of hydrogen-bond donors (Lipinski definition) is 1. The Morgan fingerprint density at radius 1 is 1.30 bits per heavy atom. The maximum atomic E-state index is 12.6. The highest BCUT2D eigenvalue weighted by atomic mass is 16.5. The molecule has 0 bridgehead atoms. The molecule has 5 heteroatoms. The van der Waals surface area contributed by atoms with Crippen LogP contribution in [0.15, 0.2) is 0 Å². The fourth-order valence-electron chi connectivity index (χ4n) is 2.70. The molecule has 1 N–H and O–H groups in total. The second-order valence-corrected chi connectivity index (χ2v) is 6.98. The summed E-state index contributed by atoms with van der Waals surface area (Å²) in [5, 5.41) is 2.89. The molecule has 1 heterocycles. The van der Waals surface area contributed by atoms with E-state index in [0.29, 0.717) is 25.5 Å². The van der Waals surface area contributed by atoms with Gasteiger partial charge in [-0.25, -0.2) is 0 Å². The summed E-state index contributed by atoms with van der Waals surface area (Å²) in [6.45, 7) is 10.9. The van der Waals surface area contributed by atoms with Gasteiger partial charge in [-0.2, -0.15) is 0 Å². The van der Waals surface area contributed by atoms with Crippen molar-refractivity contribution in [3.8, 4) is 0 Å². The molecular weight excluding hydrogens is 256 g/mol. The summed E-state index contributed by atoms with van der Waals surface area (Å²) in [6, 6.07) is -0.841. The van der Waals surface area contributed by atoms with Gasteiger partial charge in [0.25, 0.3) is 0 Å². The van der Waals surface area contributed by atoms with Gasteiger partial charge in [-0.05, 0) is 17.8 Å². The van der Waals surface area contributed by atoms with E-state index in [-0.39, 0.29) is 17.2 Å². The quantitative estimate of drug-likeness (QED) is 0.830. The number of nitrogens with one attached hydrogen (secondary N) is 1. The van der Waals surface area contributed by atoms with Crippen molar-refractivity contribution in [2.75, 3.05) is 20.3 Å². The molecule has 2 unspecified atom stereocenters. The molecule has 1 aliphatic heterocycles. The van der Waals surface area contributed by atoms with Crippen molar-refractivity contribution < 1.29 is 14.3 Å². The first-order valence-corrected chi connectivity index (χ1v) is 7.28. The Hall–Kier alpha value is -1.10. The molecule has 0 aliphatic carbocycles. The third kappa shape index (κ3) is 3.95. The van der Waals surface area contributed by atoms with Crippen molar-refractivity contribution in [1.82, 2.24) is 10.2 Å². The van der Waals surface area contributed by atoms with Crippen LogP contribution < -0.4 is 5.32 Å². The summed E-state index contributed by atoms with van der Waals surface area (Å²) in [6.07, 6.45) is 0.672. The minimum atomic E-state index is -0.437. The Morgan fingerprint density at radius 3 is 2.35 bits per heavy atom. The van der Waals surface area contributed by atoms with Gasteiger partial charge in [-0.1, -0.05) is 34.6 Å². The van der Waals surface area contributed by atoms with E-state index in [9.17, 15) is 9.59 Å². The van der Waals surface area contributed by atoms with E-state index in [1.54, 1.807) is 12.0 Å². The number of carbonyl (C=O) groups is 2. The Labute approximate surface area is 122 Å². The van der Waals surface area contributed by atoms with Crippen LogP contribution in [0.5, 0.6) is 0 Å². The topological polar surface area (TPSA) is 58.6 Å². The first-order chi connectivity index (χ1) is 9.18. The summed E-state index contributed by atoms with van der Waals surface area (Å²) in [5.41, 5.74) is -0.295. The minimum Gasteiger partial charge on any atom is -0.383 e. The Morgan fingerprint density at radius 2 is 1.90 bits per heavy atom. The lowest BCUT2D eigenvalue weighted by Gasteiger charge is -2.45. The van der Waals surface area contributed by atoms with E-state index in [1.807, 2.05) is 20.8 Å². The van der Waals surface area contributed by atoms with Crippen LogP contribution in [0.1, 0.15) is 41.0 Å². The number of rotatable bonds is 5. The summed E-state index contributed by atoms with van der Waals surface area (Å²) >= 11 is 0. The minimum absolute atomic E-state index is 0.00951. The van der Waals surface area contributed by atoms with E-state index in [2.05, 4.69) is 19.2 Å². The lowest BCUT2D eigenvalue weighted by atomic mass is 9.82. The molecule has 0 aromatic carbocycles. The highest BCUT2D eigenvalue weighted by Crippen LogP contribution is 2.28. The summed E-state index contributed by atoms with van der Waals surface area (Å²) in [4.78, 5) is 26.7. The standard InChI is InChI=1S/C15H28N2O3/c1-10(2)9-11-14(19)17(7-8-20-6)12(13(18)16-11)15(3,4)5/h10-12H,7-9H2,1-6H3,(H,16,18). The molecule has 0 spiro atoms. The molecule has 116 valence electrons. The molecule has 5 nitrogen and oxygen atoms in total. The SMILES string of the molecule is COCCN1C(=O)C(CC(C)C)NC(=O)C1C(C)(C)C. The van der Waals surface area contributed by atoms with E-state index in [4.69, 9.17) is 4.74 Å². The average molecular weight is 284 g/mol. The van der Waals surface area contributed by atoms with E-state index >= 15 is 0 Å². The fourth-order valence-corrected chi connectivity index (χ4v) is 2.70. The summed E-state index contributed by atoms with van der Waals surface area (Å²) < 4.78 is 5.08. The van der Waals surface area contributed by atoms with Crippen LogP contribution in [0.2, 0.25) is 0 Å². The third-order valence-corrected chi connectivity index (χ3v) is 3.52. The molecule has 20 heavy (non-hydrogen) atoms. The smallest absolute Gasteiger partial charge is 0.245 e. The lowest BCUT2D eigenvalue weighted by Crippen LogP contribution is -2.67. The van der Waals surface area contributed by atoms with Crippen LogP contribution in [0.25, 0.3) is 0 Å². The van der Waals surface area contributed by atoms with Crippen molar-refractivity contribution >= 4 is 11.8 Å². The van der Waals surface area contributed by atoms with Crippen LogP contribution >= 0.6 is 0 Å². The van der Waals surface area contributed by atoms with Crippen molar-refractivity contribution in [1.29, 1.82) is 0 Å². The average Bonchev–Trinajstić information content (AvgIpc) is 2.28. The third-order valence-electron chi connectivity index (χ3n) is 3.52. The molecule has 0 aromatic rings. The maximum absolute atomic E-state index is 12.6. The molecule has 0 aromatic heterocycles. The monoisotopic (exact) mass is 284 g/mol. The lowest BCUT2D eigenvalue weighted by molar-refractivity contribution is -0.155. The van der Waals surface area contributed by atoms with Crippen molar-refractivity contribution in [2.45, 2.75) is 53.1 Å². The molecule has 2 atom stereocenters. The molecule has 1 rings (SSSR count). The van der Waals surface area contributed by atoms with E-state index in [1.165, 1.54) is 0 Å². The van der Waals surface area contributed by atoms with Crippen molar-refractivity contribution in [3.05, 3.63) is 0 Å². The van der Waals surface area contributed by atoms with Gasteiger partial charge in [0.1, 0.15) is 12.1 Å². The maximum Gasteiger partial charge on any atom is 0.245 e. The van der Waals surface area contributed by atoms with Crippen molar-refractivity contribution in [2.24, 2.45) is 11.3 Å². The van der Waals surface area contributed by atoms with Crippen LogP contribution in [0.3, 0.4) is 0 Å². The zero-order valence-corrected chi connectivity index (χ0v) is 13.5. The van der Waals surface area contributed by atoms with Gasteiger partial charge < -0.3 is 15.0 Å². The van der Waals surface area contributed by atoms with Gasteiger partial charge in [0.2, 0.25) is 11.8 Å². The second-order valence-electron chi connectivity index (χ2n) is 6.98. The number of ether oxygens (including phenoxy) is 1. The highest BCUT2D eigenvalue weighted by Gasteiger charge is 2.45. The molecule has 2 amide bonds. The molecule has 1 saturated heterocycles. The number of piperazine rings is 1. The molecular formula is C15H28N2O3. The van der Waals surface area contributed by atoms with Crippen molar-refractivity contribution in [3.63, 3.8) is 0 Å². The number of nitrogens with zero attached hydrogens (tertiary/aromatic N) is 1. The zero-order valence-electron chi connectivity index (χ0n) is 13.5. The predicted molar refractivity (Wildman–Crippen MR) is 78.2 cm³/mol. The number of hydrogen-bond acceptors (Lipinski definition) is 3. The Bertz CT molecular complexity index is 361. The summed E-state index contributed by atoms with van der Waals surface area (Å²) in [7, 11) is 1.60. The summed E-state index contributed by atoms with van der Waals surface area (Å²) in [5.74, 6) is 0.314. The van der Waals surface area contributed by atoms with Crippen LogP contribution in [0.4, 0.5) is 0 Å². The Balaban J connectivity index is 2.98. The van der Waals surface area contributed by atoms with Gasteiger partial charge in [0.05, 0.1) is 6.61 Å². The second kappa shape index (κ2) is 6.57. The highest BCUT2D eigenvalue weighted by molar-refractivity contribution is 5.97. The fraction of sp³-hybridized carbons (Fsp3) is 0.867. The number of amides is 2. The normalized spacial score (nSPS) is 24.2. The van der Waals surface area contributed by atoms with Gasteiger partial charge in [-0.3, -0.25) is 9.59 Å². The van der Waals surface area contributed by atoms with Gasteiger partial charge in [-0.15, -0.1) is 0 Å². The van der Waals surface area contributed by atoms with Gasteiger partial charge in [0, 0.05) is 13.7 Å². The predicted octanol–water partition coefficient (Wildman–Crippen LogP) is 1.42. The molecule has 1 fully saturated rings. The first kappa shape index (κ1) is 17.0. The zero-order chi connectivity index (χ0) is 15.5. The first-order valence-electron chi connectivity index (χ1n) is 7.28. The number of carbonyl (C=O) groups excluding carboxylic acids is 2. The van der Waals surface area contributed by atoms with Crippen LogP contribution in [-0.2, 0) is 14.3 Å². The Kier molecular flexibility index (Phi) is 5.57. The molecule has 1 aliphatic rings. The van der Waals surface area contributed by atoms with Crippen LogP contribution in [-0.4, -0.2) is 49.1 Å². The van der Waals surface area contributed by atoms with Crippen LogP contribution in [0, 0.1) is 11.3 Å². The van der Waals surface area contributed by atoms with Gasteiger partial charge >= 0.3 is 0 Å². The number of methoxy groups -OCH3 is 1. The van der Waals surface area contributed by atoms with E-state index in [0.717, 1.165) is 0 Å². The largest absolute Gasteiger partial charge is 0.383 e.